The van der Waals surface area contributed by atoms with Crippen LogP contribution in [-0.4, -0.2) is 72.7 Å². The van der Waals surface area contributed by atoms with Crippen LogP contribution >= 0.6 is 0 Å². The summed E-state index contributed by atoms with van der Waals surface area (Å²) in [5.41, 5.74) is 0. The molecular formula is C17H27N3O3. The van der Waals surface area contributed by atoms with E-state index in [1.54, 1.807) is 28.8 Å². The first-order chi connectivity index (χ1) is 10.9. The Hall–Kier alpha value is -2.37. The summed E-state index contributed by atoms with van der Waals surface area (Å²) in [4.78, 5) is 39.4. The maximum atomic E-state index is 11.9. The Bertz CT molecular complexity index is 428. The third kappa shape index (κ3) is 7.99. The second kappa shape index (κ2) is 11.2. The Morgan fingerprint density at radius 1 is 0.696 bits per heavy atom. The Morgan fingerprint density at radius 3 is 1.35 bits per heavy atom. The molecule has 0 aromatic carbocycles. The first-order valence-electron chi connectivity index (χ1n) is 7.53. The third-order valence-corrected chi connectivity index (χ3v) is 3.43. The molecule has 0 heterocycles. The van der Waals surface area contributed by atoms with Gasteiger partial charge in [-0.2, -0.15) is 0 Å². The van der Waals surface area contributed by atoms with E-state index in [1.165, 1.54) is 18.2 Å². The van der Waals surface area contributed by atoms with Crippen LogP contribution in [0.1, 0.15) is 12.8 Å². The van der Waals surface area contributed by atoms with E-state index < -0.39 is 0 Å². The van der Waals surface area contributed by atoms with Crippen molar-refractivity contribution in [3.05, 3.63) is 38.0 Å². The average molecular weight is 321 g/mol. The van der Waals surface area contributed by atoms with Crippen LogP contribution in [-0.2, 0) is 14.4 Å². The smallest absolute Gasteiger partial charge is 0.245 e. The van der Waals surface area contributed by atoms with Crippen molar-refractivity contribution >= 4 is 17.7 Å². The molecule has 0 unspecified atom stereocenters. The molecule has 0 aliphatic rings. The molecule has 3 amide bonds. The highest BCUT2D eigenvalue weighted by Crippen LogP contribution is 2.00. The molecule has 128 valence electrons. The largest absolute Gasteiger partial charge is 0.342 e. The van der Waals surface area contributed by atoms with Gasteiger partial charge in [-0.3, -0.25) is 14.4 Å². The van der Waals surface area contributed by atoms with E-state index >= 15 is 0 Å². The minimum absolute atomic E-state index is 0.142. The summed E-state index contributed by atoms with van der Waals surface area (Å²) in [5.74, 6) is -0.437. The molecule has 0 aromatic heterocycles. The molecule has 0 atom stereocenters. The quantitative estimate of drug-likeness (QED) is 0.535. The van der Waals surface area contributed by atoms with Crippen molar-refractivity contribution in [3.8, 4) is 0 Å². The summed E-state index contributed by atoms with van der Waals surface area (Å²) in [6, 6.07) is 0. The number of amides is 3. The van der Waals surface area contributed by atoms with Gasteiger partial charge < -0.3 is 14.7 Å². The van der Waals surface area contributed by atoms with Crippen LogP contribution in [0.15, 0.2) is 38.0 Å². The van der Waals surface area contributed by atoms with Gasteiger partial charge >= 0.3 is 0 Å². The van der Waals surface area contributed by atoms with E-state index in [0.717, 1.165) is 0 Å². The summed E-state index contributed by atoms with van der Waals surface area (Å²) in [6.45, 7) is 12.5. The Kier molecular flexibility index (Phi) is 10.1. The molecule has 0 saturated carbocycles. The van der Waals surface area contributed by atoms with Crippen molar-refractivity contribution in [2.45, 2.75) is 12.8 Å². The second-order valence-corrected chi connectivity index (χ2v) is 5.16. The summed E-state index contributed by atoms with van der Waals surface area (Å²) >= 11 is 0. The number of carbonyl (C=O) groups is 3. The number of likely N-dealkylation sites (N-methyl/N-ethyl adjacent to an activating group) is 2. The van der Waals surface area contributed by atoms with Crippen molar-refractivity contribution in [1.82, 2.24) is 14.7 Å². The lowest BCUT2D eigenvalue weighted by Gasteiger charge is -2.24. The van der Waals surface area contributed by atoms with Gasteiger partial charge in [0.05, 0.1) is 0 Å². The second-order valence-electron chi connectivity index (χ2n) is 5.16. The zero-order valence-electron chi connectivity index (χ0n) is 14.2. The fourth-order valence-electron chi connectivity index (χ4n) is 1.99. The van der Waals surface area contributed by atoms with Crippen LogP contribution in [0.25, 0.3) is 0 Å². The molecule has 0 spiro atoms. The molecule has 0 saturated heterocycles. The van der Waals surface area contributed by atoms with Crippen molar-refractivity contribution < 1.29 is 14.4 Å². The molecule has 0 rings (SSSR count). The molecule has 0 radical (unpaired) electrons. The van der Waals surface area contributed by atoms with Crippen LogP contribution in [0.3, 0.4) is 0 Å². The van der Waals surface area contributed by atoms with Gasteiger partial charge in [-0.05, 0) is 31.1 Å². The van der Waals surface area contributed by atoms with Crippen LogP contribution in [0.2, 0.25) is 0 Å². The summed E-state index contributed by atoms with van der Waals surface area (Å²) < 4.78 is 0. The number of hydrogen-bond acceptors (Lipinski definition) is 3. The summed E-state index contributed by atoms with van der Waals surface area (Å²) in [7, 11) is 3.39. The van der Waals surface area contributed by atoms with E-state index in [4.69, 9.17) is 0 Å². The monoisotopic (exact) mass is 321 g/mol. The maximum Gasteiger partial charge on any atom is 0.245 e. The van der Waals surface area contributed by atoms with Gasteiger partial charge in [0.1, 0.15) is 0 Å². The minimum atomic E-state index is -0.152. The minimum Gasteiger partial charge on any atom is -0.342 e. The van der Waals surface area contributed by atoms with Gasteiger partial charge in [0.25, 0.3) is 0 Å². The van der Waals surface area contributed by atoms with Gasteiger partial charge in [-0.15, -0.1) is 0 Å². The molecule has 0 fully saturated rings. The molecule has 6 nitrogen and oxygen atoms in total. The van der Waals surface area contributed by atoms with Crippen LogP contribution in [0.4, 0.5) is 0 Å². The van der Waals surface area contributed by atoms with E-state index in [0.29, 0.717) is 39.0 Å². The Labute approximate surface area is 138 Å². The van der Waals surface area contributed by atoms with Crippen molar-refractivity contribution in [2.24, 2.45) is 0 Å². The van der Waals surface area contributed by atoms with E-state index in [2.05, 4.69) is 19.7 Å². The third-order valence-electron chi connectivity index (χ3n) is 3.43. The van der Waals surface area contributed by atoms with Gasteiger partial charge in [-0.1, -0.05) is 19.7 Å². The van der Waals surface area contributed by atoms with E-state index in [9.17, 15) is 14.4 Å². The average Bonchev–Trinajstić information content (AvgIpc) is 2.57. The van der Waals surface area contributed by atoms with Gasteiger partial charge in [-0.25, -0.2) is 0 Å². The fraction of sp³-hybridized carbons (Fsp3) is 0.471. The predicted molar refractivity (Wildman–Crippen MR) is 91.7 cm³/mol. The predicted octanol–water partition coefficient (Wildman–Crippen LogP) is 1.07. The van der Waals surface area contributed by atoms with E-state index in [1.807, 2.05) is 0 Å². The number of rotatable bonds is 11. The molecule has 0 N–H and O–H groups in total. The number of nitrogens with zero attached hydrogens (tertiary/aromatic N) is 3. The van der Waals surface area contributed by atoms with E-state index in [-0.39, 0.29) is 17.7 Å². The SMILES string of the molecule is C=CC(=O)N(C)CCCN(CCCN(C)C(=O)C=C)C(=O)C=C. The van der Waals surface area contributed by atoms with Crippen LogP contribution in [0, 0.1) is 0 Å². The number of hydrogen-bond donors (Lipinski definition) is 0. The van der Waals surface area contributed by atoms with Crippen LogP contribution in [0.5, 0.6) is 0 Å². The standard InChI is InChI=1S/C17H27N3O3/c1-6-15(21)18(4)11-9-13-20(17(23)8-3)14-10-12-19(5)16(22)7-2/h6-8H,1-3,9-14H2,4-5H3. The fourth-order valence-corrected chi connectivity index (χ4v) is 1.99. The van der Waals surface area contributed by atoms with Gasteiger partial charge in [0, 0.05) is 40.3 Å². The zero-order chi connectivity index (χ0) is 17.8. The molecular weight excluding hydrogens is 294 g/mol. The van der Waals surface area contributed by atoms with Crippen molar-refractivity contribution in [2.75, 3.05) is 40.3 Å². The first-order valence-corrected chi connectivity index (χ1v) is 7.53. The number of carbonyl (C=O) groups excluding carboxylic acids is 3. The van der Waals surface area contributed by atoms with Crippen molar-refractivity contribution in [3.63, 3.8) is 0 Å². The van der Waals surface area contributed by atoms with Gasteiger partial charge in [0.2, 0.25) is 17.7 Å². The highest BCUT2D eigenvalue weighted by molar-refractivity contribution is 5.87. The highest BCUT2D eigenvalue weighted by Gasteiger charge is 2.12. The molecule has 23 heavy (non-hydrogen) atoms. The lowest BCUT2D eigenvalue weighted by molar-refractivity contribution is -0.126. The molecule has 6 heteroatoms. The Balaban J connectivity index is 4.32. The molecule has 0 aliphatic heterocycles. The topological polar surface area (TPSA) is 60.9 Å². The van der Waals surface area contributed by atoms with Crippen LogP contribution < -0.4 is 0 Å². The first kappa shape index (κ1) is 20.6. The zero-order valence-corrected chi connectivity index (χ0v) is 14.2. The lowest BCUT2D eigenvalue weighted by Crippen LogP contribution is -2.36. The normalized spacial score (nSPS) is 9.65. The maximum absolute atomic E-state index is 11.9. The highest BCUT2D eigenvalue weighted by atomic mass is 16.2. The molecule has 0 bridgehead atoms. The molecule has 0 aliphatic carbocycles. The van der Waals surface area contributed by atoms with Gasteiger partial charge in [0.15, 0.2) is 0 Å². The Morgan fingerprint density at radius 2 is 1.04 bits per heavy atom. The van der Waals surface area contributed by atoms with Crippen molar-refractivity contribution in [1.29, 1.82) is 0 Å². The summed E-state index contributed by atoms with van der Waals surface area (Å²) in [6.07, 6.45) is 5.13. The lowest BCUT2D eigenvalue weighted by atomic mass is 10.3. The summed E-state index contributed by atoms with van der Waals surface area (Å²) in [5, 5.41) is 0. The molecule has 0 aromatic rings.